The third-order valence-electron chi connectivity index (χ3n) is 6.64. The summed E-state index contributed by atoms with van der Waals surface area (Å²) < 4.78 is 5.11. The van der Waals surface area contributed by atoms with Crippen molar-refractivity contribution >= 4 is 16.9 Å². The number of aromatic amines is 1. The molecule has 1 saturated carbocycles. The van der Waals surface area contributed by atoms with Gasteiger partial charge in [0, 0.05) is 41.6 Å². The first-order valence-corrected chi connectivity index (χ1v) is 9.57. The van der Waals surface area contributed by atoms with Crippen molar-refractivity contribution in [2.24, 2.45) is 11.8 Å². The molecule has 4 nitrogen and oxygen atoms in total. The van der Waals surface area contributed by atoms with E-state index in [1.54, 1.807) is 0 Å². The highest BCUT2D eigenvalue weighted by molar-refractivity contribution is 5.89. The van der Waals surface area contributed by atoms with Crippen LogP contribution in [0.1, 0.15) is 42.0 Å². The summed E-state index contributed by atoms with van der Waals surface area (Å²) in [6.45, 7) is 4.20. The van der Waals surface area contributed by atoms with Gasteiger partial charge >= 0.3 is 5.97 Å². The third-order valence-corrected chi connectivity index (χ3v) is 6.64. The zero-order chi connectivity index (χ0) is 17.1. The Balaban J connectivity index is 1.59. The third kappa shape index (κ3) is 2.42. The van der Waals surface area contributed by atoms with Gasteiger partial charge in [0.25, 0.3) is 0 Å². The number of methoxy groups -OCH3 is 1. The van der Waals surface area contributed by atoms with E-state index in [1.807, 2.05) is 0 Å². The van der Waals surface area contributed by atoms with Crippen LogP contribution in [0, 0.1) is 18.8 Å². The molecule has 5 rings (SSSR count). The van der Waals surface area contributed by atoms with Crippen molar-refractivity contribution in [1.29, 1.82) is 0 Å². The minimum absolute atomic E-state index is 0.00171. The van der Waals surface area contributed by atoms with Crippen LogP contribution in [0.4, 0.5) is 0 Å². The highest BCUT2D eigenvalue weighted by Crippen LogP contribution is 2.46. The minimum Gasteiger partial charge on any atom is -0.469 e. The molecule has 0 bridgehead atoms. The van der Waals surface area contributed by atoms with Crippen molar-refractivity contribution in [3.05, 3.63) is 35.0 Å². The number of likely N-dealkylation sites (tertiary alicyclic amines) is 1. The Kier molecular flexibility index (Phi) is 3.46. The maximum atomic E-state index is 12.3. The zero-order valence-electron chi connectivity index (χ0n) is 15.0. The van der Waals surface area contributed by atoms with Gasteiger partial charge in [0.1, 0.15) is 0 Å². The topological polar surface area (TPSA) is 45.3 Å². The second-order valence-electron chi connectivity index (χ2n) is 8.23. The quantitative estimate of drug-likeness (QED) is 0.873. The van der Waals surface area contributed by atoms with Crippen molar-refractivity contribution in [1.82, 2.24) is 9.88 Å². The summed E-state index contributed by atoms with van der Waals surface area (Å²) in [5.74, 6) is 1.23. The van der Waals surface area contributed by atoms with E-state index in [2.05, 4.69) is 35.0 Å². The number of carbonyl (C=O) groups excluding carboxylic acids is 1. The Hall–Kier alpha value is -1.81. The van der Waals surface area contributed by atoms with Crippen molar-refractivity contribution in [3.63, 3.8) is 0 Å². The fourth-order valence-electron chi connectivity index (χ4n) is 5.25. The van der Waals surface area contributed by atoms with E-state index < -0.39 is 0 Å². The van der Waals surface area contributed by atoms with Crippen molar-refractivity contribution in [2.75, 3.05) is 20.2 Å². The minimum atomic E-state index is -0.0394. The van der Waals surface area contributed by atoms with E-state index in [1.165, 1.54) is 47.7 Å². The average molecular weight is 338 g/mol. The number of carbonyl (C=O) groups is 1. The molecule has 3 aliphatic rings. The number of benzene rings is 1. The number of nitrogens with zero attached hydrogens (tertiary/aromatic N) is 1. The predicted molar refractivity (Wildman–Crippen MR) is 97.7 cm³/mol. The first-order chi connectivity index (χ1) is 12.2. The standard InChI is InChI=1S/C21H26N2O2/c1-12-16-9-19-17(15-4-3-5-18(22-12)20(15)16)8-14(21(24)25-2)11-23(19)10-13-6-7-13/h3-5,13-14,17,19,22H,6-11H2,1-2H3/t14-,17?,19+/m0/s1. The van der Waals surface area contributed by atoms with Gasteiger partial charge in [-0.15, -0.1) is 0 Å². The van der Waals surface area contributed by atoms with Crippen molar-refractivity contribution < 1.29 is 9.53 Å². The van der Waals surface area contributed by atoms with Crippen LogP contribution in [0.5, 0.6) is 0 Å². The van der Waals surface area contributed by atoms with Gasteiger partial charge < -0.3 is 9.72 Å². The molecule has 1 aromatic carbocycles. The summed E-state index contributed by atoms with van der Waals surface area (Å²) in [5.41, 5.74) is 5.48. The fraction of sp³-hybridized carbons (Fsp3) is 0.571. The fourth-order valence-corrected chi connectivity index (χ4v) is 5.25. The second-order valence-corrected chi connectivity index (χ2v) is 8.23. The predicted octanol–water partition coefficient (Wildman–Crippen LogP) is 3.39. The number of ether oxygens (including phenoxy) is 1. The number of H-pyrrole nitrogens is 1. The molecule has 3 atom stereocenters. The summed E-state index contributed by atoms with van der Waals surface area (Å²) in [5, 5.41) is 1.41. The number of hydrogen-bond donors (Lipinski definition) is 1. The van der Waals surface area contributed by atoms with Crippen LogP contribution in [0.25, 0.3) is 10.9 Å². The summed E-state index contributed by atoms with van der Waals surface area (Å²) in [6, 6.07) is 7.14. The molecule has 2 fully saturated rings. The highest BCUT2D eigenvalue weighted by Gasteiger charge is 2.44. The van der Waals surface area contributed by atoms with E-state index in [0.717, 1.165) is 31.8 Å². The van der Waals surface area contributed by atoms with Crippen LogP contribution < -0.4 is 0 Å². The molecule has 2 aromatic rings. The van der Waals surface area contributed by atoms with Crippen LogP contribution in [0.15, 0.2) is 18.2 Å². The Morgan fingerprint density at radius 2 is 2.20 bits per heavy atom. The maximum absolute atomic E-state index is 12.3. The molecule has 2 aliphatic carbocycles. The second kappa shape index (κ2) is 5.60. The van der Waals surface area contributed by atoms with Gasteiger partial charge in [0.05, 0.1) is 13.0 Å². The number of fused-ring (bicyclic) bond motifs is 2. The van der Waals surface area contributed by atoms with Gasteiger partial charge in [-0.05, 0) is 55.7 Å². The summed E-state index contributed by atoms with van der Waals surface area (Å²) >= 11 is 0. The molecule has 2 heterocycles. The van der Waals surface area contributed by atoms with Crippen LogP contribution in [-0.2, 0) is 16.0 Å². The zero-order valence-corrected chi connectivity index (χ0v) is 15.0. The lowest BCUT2D eigenvalue weighted by atomic mass is 9.72. The number of esters is 1. The maximum Gasteiger partial charge on any atom is 0.309 e. The van der Waals surface area contributed by atoms with E-state index in [9.17, 15) is 4.79 Å². The summed E-state index contributed by atoms with van der Waals surface area (Å²) in [4.78, 5) is 18.5. The van der Waals surface area contributed by atoms with Gasteiger partial charge in [0.15, 0.2) is 0 Å². The lowest BCUT2D eigenvalue weighted by molar-refractivity contribution is -0.148. The highest BCUT2D eigenvalue weighted by atomic mass is 16.5. The monoisotopic (exact) mass is 338 g/mol. The Labute approximate surface area is 148 Å². The van der Waals surface area contributed by atoms with Crippen molar-refractivity contribution in [3.8, 4) is 0 Å². The molecule has 1 aromatic heterocycles. The molecule has 1 aliphatic heterocycles. The van der Waals surface area contributed by atoms with Gasteiger partial charge in [-0.25, -0.2) is 0 Å². The number of aryl methyl sites for hydroxylation is 1. The number of piperidine rings is 1. The Morgan fingerprint density at radius 3 is 2.96 bits per heavy atom. The molecule has 1 saturated heterocycles. The van der Waals surface area contributed by atoms with Gasteiger partial charge in [-0.1, -0.05) is 12.1 Å². The summed E-state index contributed by atoms with van der Waals surface area (Å²) in [6.07, 6.45) is 4.72. The lowest BCUT2D eigenvalue weighted by Gasteiger charge is -2.46. The van der Waals surface area contributed by atoms with E-state index >= 15 is 0 Å². The molecule has 25 heavy (non-hydrogen) atoms. The largest absolute Gasteiger partial charge is 0.469 e. The summed E-state index contributed by atoms with van der Waals surface area (Å²) in [7, 11) is 1.52. The SMILES string of the molecule is COC(=O)[C@H]1CC2c3cccc4[nH]c(C)c(c34)C[C@H]2N(CC2CC2)C1. The molecule has 0 spiro atoms. The van der Waals surface area contributed by atoms with E-state index in [4.69, 9.17) is 4.74 Å². The van der Waals surface area contributed by atoms with Crippen LogP contribution >= 0.6 is 0 Å². The van der Waals surface area contributed by atoms with Crippen LogP contribution in [0.2, 0.25) is 0 Å². The first-order valence-electron chi connectivity index (χ1n) is 9.57. The molecular formula is C21H26N2O2. The number of aromatic nitrogens is 1. The molecule has 1 N–H and O–H groups in total. The smallest absolute Gasteiger partial charge is 0.309 e. The van der Waals surface area contributed by atoms with Gasteiger partial charge in [-0.3, -0.25) is 9.69 Å². The first kappa shape index (κ1) is 15.4. The molecule has 132 valence electrons. The normalized spacial score (nSPS) is 28.8. The molecule has 1 unspecified atom stereocenters. The Bertz CT molecular complexity index is 836. The average Bonchev–Trinajstić information content (AvgIpc) is 3.38. The van der Waals surface area contributed by atoms with Crippen LogP contribution in [0.3, 0.4) is 0 Å². The van der Waals surface area contributed by atoms with Gasteiger partial charge in [-0.2, -0.15) is 0 Å². The lowest BCUT2D eigenvalue weighted by Crippen LogP contribution is -2.52. The Morgan fingerprint density at radius 1 is 1.36 bits per heavy atom. The van der Waals surface area contributed by atoms with E-state index in [-0.39, 0.29) is 11.9 Å². The van der Waals surface area contributed by atoms with Crippen molar-refractivity contribution in [2.45, 2.75) is 44.6 Å². The van der Waals surface area contributed by atoms with Crippen LogP contribution in [-0.4, -0.2) is 42.1 Å². The van der Waals surface area contributed by atoms with Gasteiger partial charge in [0.2, 0.25) is 0 Å². The number of rotatable bonds is 3. The van der Waals surface area contributed by atoms with E-state index in [0.29, 0.717) is 12.0 Å². The molecule has 0 amide bonds. The molecular weight excluding hydrogens is 312 g/mol. The number of nitrogens with one attached hydrogen (secondary N) is 1. The number of hydrogen-bond acceptors (Lipinski definition) is 3. The molecule has 0 radical (unpaired) electrons. The molecule has 4 heteroatoms.